The monoisotopic (exact) mass is 363 g/mol. The van der Waals surface area contributed by atoms with Crippen molar-refractivity contribution >= 4 is 17.5 Å². The molecule has 1 unspecified atom stereocenters. The van der Waals surface area contributed by atoms with Gasteiger partial charge in [-0.1, -0.05) is 78.3 Å². The Morgan fingerprint density at radius 2 is 1.54 bits per heavy atom. The van der Waals surface area contributed by atoms with Crippen molar-refractivity contribution in [1.29, 1.82) is 0 Å². The lowest BCUT2D eigenvalue weighted by Gasteiger charge is -2.35. The van der Waals surface area contributed by atoms with E-state index >= 15 is 0 Å². The minimum absolute atomic E-state index is 0.168. The summed E-state index contributed by atoms with van der Waals surface area (Å²) < 4.78 is 0. The minimum atomic E-state index is -1.48. The van der Waals surface area contributed by atoms with Crippen LogP contribution in [0.4, 0.5) is 0 Å². The number of hydrogen-bond donors (Lipinski definition) is 1. The lowest BCUT2D eigenvalue weighted by molar-refractivity contribution is -0.0493. The van der Waals surface area contributed by atoms with Gasteiger partial charge in [0.1, 0.15) is 0 Å². The van der Waals surface area contributed by atoms with Gasteiger partial charge in [0.25, 0.3) is 5.91 Å². The number of nitrogens with zero attached hydrogens (tertiary/aromatic N) is 1. The van der Waals surface area contributed by atoms with Gasteiger partial charge < -0.3 is 10.0 Å². The zero-order valence-electron chi connectivity index (χ0n) is 14.1. The third kappa shape index (κ3) is 2.61. The van der Waals surface area contributed by atoms with Gasteiger partial charge in [0.15, 0.2) is 5.72 Å². The molecule has 0 fully saturated rings. The average Bonchev–Trinajstić information content (AvgIpc) is 2.91. The van der Waals surface area contributed by atoms with Crippen LogP contribution in [0.25, 0.3) is 0 Å². The minimum Gasteiger partial charge on any atom is -0.363 e. The van der Waals surface area contributed by atoms with Crippen LogP contribution in [-0.4, -0.2) is 22.5 Å². The van der Waals surface area contributed by atoms with E-state index in [1.165, 1.54) is 4.90 Å². The Morgan fingerprint density at radius 3 is 2.31 bits per heavy atom. The van der Waals surface area contributed by atoms with E-state index < -0.39 is 5.72 Å². The number of amides is 1. The van der Waals surface area contributed by atoms with Crippen molar-refractivity contribution < 1.29 is 9.90 Å². The molecule has 1 aliphatic rings. The average molecular weight is 364 g/mol. The van der Waals surface area contributed by atoms with Gasteiger partial charge >= 0.3 is 0 Å². The molecule has 1 heterocycles. The van der Waals surface area contributed by atoms with Crippen LogP contribution in [0.3, 0.4) is 0 Å². The maximum Gasteiger partial charge on any atom is 0.257 e. The fourth-order valence-electron chi connectivity index (χ4n) is 3.59. The summed E-state index contributed by atoms with van der Waals surface area (Å²) in [5.74, 6) is -0.168. The van der Waals surface area contributed by atoms with Crippen LogP contribution in [-0.2, 0) is 12.1 Å². The molecule has 3 nitrogen and oxygen atoms in total. The van der Waals surface area contributed by atoms with Gasteiger partial charge in [0.2, 0.25) is 0 Å². The summed E-state index contributed by atoms with van der Waals surface area (Å²) in [6.45, 7) is 0.364. The van der Waals surface area contributed by atoms with Crippen LogP contribution in [0, 0.1) is 0 Å². The molecule has 1 atom stereocenters. The van der Waals surface area contributed by atoms with Crippen LogP contribution in [0.15, 0.2) is 78.9 Å². The SMILES string of the molecule is O=C1c2ccccc2C(O)(c2ccccc2)N1CCc1ccccc1Cl. The van der Waals surface area contributed by atoms with Crippen molar-refractivity contribution in [3.63, 3.8) is 0 Å². The van der Waals surface area contributed by atoms with E-state index in [1.807, 2.05) is 72.8 Å². The van der Waals surface area contributed by atoms with Crippen LogP contribution >= 0.6 is 11.6 Å². The zero-order chi connectivity index (χ0) is 18.1. The third-order valence-corrected chi connectivity index (χ3v) is 5.28. The van der Waals surface area contributed by atoms with Gasteiger partial charge in [-0.2, -0.15) is 0 Å². The van der Waals surface area contributed by atoms with Crippen LogP contribution in [0.1, 0.15) is 27.0 Å². The molecule has 0 aliphatic carbocycles. The Morgan fingerprint density at radius 1 is 0.885 bits per heavy atom. The number of benzene rings is 3. The molecular weight excluding hydrogens is 346 g/mol. The van der Waals surface area contributed by atoms with Crippen molar-refractivity contribution in [2.75, 3.05) is 6.54 Å². The van der Waals surface area contributed by atoms with Crippen LogP contribution in [0.2, 0.25) is 5.02 Å². The maximum absolute atomic E-state index is 13.0. The first-order chi connectivity index (χ1) is 12.6. The van der Waals surface area contributed by atoms with Crippen molar-refractivity contribution in [2.45, 2.75) is 12.1 Å². The van der Waals surface area contributed by atoms with Crippen molar-refractivity contribution in [2.24, 2.45) is 0 Å². The molecule has 0 bridgehead atoms. The Bertz CT molecular complexity index is 957. The molecule has 3 aromatic carbocycles. The first-order valence-electron chi connectivity index (χ1n) is 8.55. The molecule has 130 valence electrons. The number of carbonyl (C=O) groups is 1. The summed E-state index contributed by atoms with van der Waals surface area (Å²) in [6.07, 6.45) is 0.564. The highest BCUT2D eigenvalue weighted by Crippen LogP contribution is 2.42. The summed E-state index contributed by atoms with van der Waals surface area (Å²) >= 11 is 6.26. The largest absolute Gasteiger partial charge is 0.363 e. The van der Waals surface area contributed by atoms with E-state index in [2.05, 4.69) is 0 Å². The molecular formula is C22H18ClNO2. The zero-order valence-corrected chi connectivity index (χ0v) is 14.9. The molecule has 3 aromatic rings. The predicted octanol–water partition coefficient (Wildman–Crippen LogP) is 4.23. The van der Waals surface area contributed by atoms with Gasteiger partial charge in [-0.3, -0.25) is 4.79 Å². The van der Waals surface area contributed by atoms with E-state index in [0.717, 1.165) is 5.56 Å². The van der Waals surface area contributed by atoms with E-state index in [9.17, 15) is 9.90 Å². The molecule has 1 N–H and O–H groups in total. The van der Waals surface area contributed by atoms with Crippen LogP contribution in [0.5, 0.6) is 0 Å². The van der Waals surface area contributed by atoms with Gasteiger partial charge in [0.05, 0.1) is 0 Å². The quantitative estimate of drug-likeness (QED) is 0.753. The normalized spacial score (nSPS) is 18.8. The third-order valence-electron chi connectivity index (χ3n) is 4.91. The Hall–Kier alpha value is -2.62. The summed E-state index contributed by atoms with van der Waals surface area (Å²) in [6, 6.07) is 24.1. The number of carbonyl (C=O) groups excluding carboxylic acids is 1. The fourth-order valence-corrected chi connectivity index (χ4v) is 3.82. The standard InChI is InChI=1S/C22H18ClNO2/c23-20-13-7-4-8-16(20)14-15-24-21(25)18-11-5-6-12-19(18)22(24,26)17-9-2-1-3-10-17/h1-13,26H,14-15H2. The smallest absolute Gasteiger partial charge is 0.257 e. The summed E-state index contributed by atoms with van der Waals surface area (Å²) in [5.41, 5.74) is 1.31. The first kappa shape index (κ1) is 16.8. The first-order valence-corrected chi connectivity index (χ1v) is 8.93. The predicted molar refractivity (Wildman–Crippen MR) is 102 cm³/mol. The molecule has 0 spiro atoms. The second-order valence-electron chi connectivity index (χ2n) is 6.38. The maximum atomic E-state index is 13.0. The molecule has 4 heteroatoms. The Labute approximate surface area is 157 Å². The number of fused-ring (bicyclic) bond motifs is 1. The second kappa shape index (κ2) is 6.60. The highest BCUT2D eigenvalue weighted by atomic mass is 35.5. The molecule has 0 saturated carbocycles. The van der Waals surface area contributed by atoms with Gasteiger partial charge in [-0.25, -0.2) is 0 Å². The van der Waals surface area contributed by atoms with Crippen molar-refractivity contribution in [3.05, 3.63) is 106 Å². The molecule has 1 aliphatic heterocycles. The van der Waals surface area contributed by atoms with Crippen LogP contribution < -0.4 is 0 Å². The van der Waals surface area contributed by atoms with Gasteiger partial charge in [-0.05, 0) is 24.1 Å². The summed E-state index contributed by atoms with van der Waals surface area (Å²) in [7, 11) is 0. The molecule has 4 rings (SSSR count). The molecule has 1 amide bonds. The second-order valence-corrected chi connectivity index (χ2v) is 6.79. The Kier molecular flexibility index (Phi) is 4.27. The van der Waals surface area contributed by atoms with E-state index in [0.29, 0.717) is 34.7 Å². The summed E-state index contributed by atoms with van der Waals surface area (Å²) in [4.78, 5) is 14.6. The number of rotatable bonds is 4. The Balaban J connectivity index is 1.75. The van der Waals surface area contributed by atoms with E-state index in [1.54, 1.807) is 6.07 Å². The van der Waals surface area contributed by atoms with Gasteiger partial charge in [0, 0.05) is 28.3 Å². The van der Waals surface area contributed by atoms with Gasteiger partial charge in [-0.15, -0.1) is 0 Å². The highest BCUT2D eigenvalue weighted by molar-refractivity contribution is 6.31. The topological polar surface area (TPSA) is 40.5 Å². The number of halogens is 1. The fraction of sp³-hybridized carbons (Fsp3) is 0.136. The molecule has 0 aromatic heterocycles. The lowest BCUT2D eigenvalue weighted by Crippen LogP contribution is -2.45. The van der Waals surface area contributed by atoms with E-state index in [-0.39, 0.29) is 5.91 Å². The molecule has 0 saturated heterocycles. The lowest BCUT2D eigenvalue weighted by atomic mass is 9.93. The highest BCUT2D eigenvalue weighted by Gasteiger charge is 2.49. The van der Waals surface area contributed by atoms with Crippen molar-refractivity contribution in [1.82, 2.24) is 4.90 Å². The summed E-state index contributed by atoms with van der Waals surface area (Å²) in [5, 5.41) is 12.3. The number of hydrogen-bond acceptors (Lipinski definition) is 2. The molecule has 26 heavy (non-hydrogen) atoms. The van der Waals surface area contributed by atoms with E-state index in [4.69, 9.17) is 11.6 Å². The number of aliphatic hydroxyl groups is 1. The molecule has 0 radical (unpaired) electrons. The van der Waals surface area contributed by atoms with Crippen molar-refractivity contribution in [3.8, 4) is 0 Å².